The van der Waals surface area contributed by atoms with E-state index in [1.165, 1.54) is 18.2 Å². The molecular formula is C24H31NO4. The Kier molecular flexibility index (Phi) is 5.87. The number of hydrogen-bond donors (Lipinski definition) is 2. The maximum Gasteiger partial charge on any atom is 0.250 e. The van der Waals surface area contributed by atoms with Gasteiger partial charge in [0, 0.05) is 36.1 Å². The third-order valence-corrected chi connectivity index (χ3v) is 6.33. The van der Waals surface area contributed by atoms with Crippen LogP contribution in [0.3, 0.4) is 0 Å². The summed E-state index contributed by atoms with van der Waals surface area (Å²) in [6.07, 6.45) is 7.72. The molecule has 1 aliphatic carbocycles. The normalized spacial score (nSPS) is 26.1. The van der Waals surface area contributed by atoms with Crippen molar-refractivity contribution in [2.24, 2.45) is 17.3 Å². The number of rotatable bonds is 5. The first-order chi connectivity index (χ1) is 13.6. The largest absolute Gasteiger partial charge is 0.508 e. The predicted molar refractivity (Wildman–Crippen MR) is 113 cm³/mol. The van der Waals surface area contributed by atoms with Gasteiger partial charge in [-0.25, -0.2) is 0 Å². The van der Waals surface area contributed by atoms with Gasteiger partial charge in [-0.3, -0.25) is 9.59 Å². The summed E-state index contributed by atoms with van der Waals surface area (Å²) in [6, 6.07) is 4.07. The summed E-state index contributed by atoms with van der Waals surface area (Å²) in [6.45, 7) is 8.87. The summed E-state index contributed by atoms with van der Waals surface area (Å²) in [4.78, 5) is 27.7. The number of benzene rings is 1. The van der Waals surface area contributed by atoms with Gasteiger partial charge in [0.15, 0.2) is 0 Å². The van der Waals surface area contributed by atoms with Crippen LogP contribution < -0.4 is 0 Å². The van der Waals surface area contributed by atoms with Crippen LogP contribution in [0, 0.1) is 17.3 Å². The number of nitrogens with zero attached hydrogens (tertiary/aromatic N) is 1. The van der Waals surface area contributed by atoms with Crippen LogP contribution in [0.25, 0.3) is 6.08 Å². The fraction of sp³-hybridized carbons (Fsp3) is 0.500. The topological polar surface area (TPSA) is 77.8 Å². The molecule has 1 amide bonds. The van der Waals surface area contributed by atoms with Crippen LogP contribution >= 0.6 is 0 Å². The minimum absolute atomic E-state index is 0.0198. The molecule has 3 atom stereocenters. The molecule has 1 fully saturated rings. The van der Waals surface area contributed by atoms with Gasteiger partial charge >= 0.3 is 0 Å². The lowest BCUT2D eigenvalue weighted by atomic mass is 9.64. The van der Waals surface area contributed by atoms with Gasteiger partial charge in [-0.1, -0.05) is 32.9 Å². The minimum atomic E-state index is -0.174. The Morgan fingerprint density at radius 1 is 1.34 bits per heavy atom. The Hall–Kier alpha value is -2.56. The molecule has 3 rings (SSSR count). The summed E-state index contributed by atoms with van der Waals surface area (Å²) in [7, 11) is 0. The lowest BCUT2D eigenvalue weighted by molar-refractivity contribution is -0.131. The maximum atomic E-state index is 13.1. The summed E-state index contributed by atoms with van der Waals surface area (Å²) in [5, 5.41) is 19.6. The minimum Gasteiger partial charge on any atom is -0.508 e. The van der Waals surface area contributed by atoms with Crippen LogP contribution in [-0.4, -0.2) is 39.4 Å². The highest BCUT2D eigenvalue weighted by molar-refractivity contribution is 6.00. The third-order valence-electron chi connectivity index (χ3n) is 6.33. The Labute approximate surface area is 172 Å². The van der Waals surface area contributed by atoms with Crippen molar-refractivity contribution in [1.29, 1.82) is 0 Å². The van der Waals surface area contributed by atoms with E-state index in [9.17, 15) is 19.8 Å². The van der Waals surface area contributed by atoms with Crippen molar-refractivity contribution < 1.29 is 19.8 Å². The summed E-state index contributed by atoms with van der Waals surface area (Å²) >= 11 is 0. The van der Waals surface area contributed by atoms with Crippen LogP contribution in [0.2, 0.25) is 0 Å². The van der Waals surface area contributed by atoms with E-state index in [0.717, 1.165) is 6.42 Å². The quantitative estimate of drug-likeness (QED) is 0.441. The molecule has 1 saturated heterocycles. The van der Waals surface area contributed by atoms with E-state index < -0.39 is 0 Å². The second-order valence-corrected chi connectivity index (χ2v) is 9.14. The molecule has 1 aliphatic heterocycles. The molecule has 2 N–H and O–H groups in total. The number of carbonyl (C=O) groups excluding carboxylic acids is 2. The first-order valence-corrected chi connectivity index (χ1v) is 10.3. The van der Waals surface area contributed by atoms with Crippen LogP contribution in [0.4, 0.5) is 0 Å². The second kappa shape index (κ2) is 8.05. The fourth-order valence-corrected chi connectivity index (χ4v) is 4.83. The smallest absolute Gasteiger partial charge is 0.250 e. The number of amides is 1. The first-order valence-electron chi connectivity index (χ1n) is 10.3. The molecule has 0 radical (unpaired) electrons. The van der Waals surface area contributed by atoms with Gasteiger partial charge in [-0.2, -0.15) is 0 Å². The van der Waals surface area contributed by atoms with Gasteiger partial charge in [-0.05, 0) is 55.4 Å². The summed E-state index contributed by atoms with van der Waals surface area (Å²) in [5.74, 6) is 0.337. The molecule has 5 heteroatoms. The molecule has 5 nitrogen and oxygen atoms in total. The van der Waals surface area contributed by atoms with E-state index in [1.54, 1.807) is 11.0 Å². The molecule has 0 bridgehead atoms. The average Bonchev–Trinajstić information content (AvgIpc) is 2.98. The molecule has 1 heterocycles. The summed E-state index contributed by atoms with van der Waals surface area (Å²) < 4.78 is 0. The molecule has 1 aromatic carbocycles. The van der Waals surface area contributed by atoms with Crippen LogP contribution in [0.1, 0.15) is 52.5 Å². The molecule has 0 aromatic heterocycles. The summed E-state index contributed by atoms with van der Waals surface area (Å²) in [5.41, 5.74) is 0.931. The van der Waals surface area contributed by atoms with Gasteiger partial charge < -0.3 is 15.1 Å². The SMILES string of the molecule is CC1C=CCC(C)(C)C1C(=O)CC(C)N1CCC(=Cc2cc(O)ccc2O)C1=O. The molecule has 3 unspecified atom stereocenters. The number of aromatic hydroxyl groups is 2. The third kappa shape index (κ3) is 4.39. The second-order valence-electron chi connectivity index (χ2n) is 9.14. The van der Waals surface area contributed by atoms with Crippen molar-refractivity contribution in [3.63, 3.8) is 0 Å². The lowest BCUT2D eigenvalue weighted by Gasteiger charge is -2.39. The Balaban J connectivity index is 1.71. The average molecular weight is 398 g/mol. The van der Waals surface area contributed by atoms with Gasteiger partial charge in [0.1, 0.15) is 17.3 Å². The van der Waals surface area contributed by atoms with Crippen LogP contribution in [0.5, 0.6) is 11.5 Å². The fourth-order valence-electron chi connectivity index (χ4n) is 4.83. The maximum absolute atomic E-state index is 13.1. The molecule has 2 aliphatic rings. The van der Waals surface area contributed by atoms with E-state index in [0.29, 0.717) is 30.5 Å². The Bertz CT molecular complexity index is 868. The van der Waals surface area contributed by atoms with Crippen molar-refractivity contribution in [3.8, 4) is 11.5 Å². The number of phenols is 2. The molecule has 1 aromatic rings. The Morgan fingerprint density at radius 3 is 2.76 bits per heavy atom. The van der Waals surface area contributed by atoms with Gasteiger partial charge in [0.25, 0.3) is 0 Å². The molecule has 29 heavy (non-hydrogen) atoms. The highest BCUT2D eigenvalue weighted by atomic mass is 16.3. The highest BCUT2D eigenvalue weighted by Crippen LogP contribution is 2.42. The van der Waals surface area contributed by atoms with Crippen molar-refractivity contribution in [1.82, 2.24) is 4.90 Å². The molecule has 0 spiro atoms. The zero-order chi connectivity index (χ0) is 21.3. The Morgan fingerprint density at radius 2 is 2.07 bits per heavy atom. The van der Waals surface area contributed by atoms with Gasteiger partial charge in [0.05, 0.1) is 0 Å². The zero-order valence-electron chi connectivity index (χ0n) is 17.7. The molecule has 0 saturated carbocycles. The first kappa shape index (κ1) is 21.2. The van der Waals surface area contributed by atoms with Crippen molar-refractivity contribution in [2.45, 2.75) is 53.0 Å². The number of ketones is 1. The number of allylic oxidation sites excluding steroid dienone is 2. The van der Waals surface area contributed by atoms with E-state index in [4.69, 9.17) is 0 Å². The number of likely N-dealkylation sites (tertiary alicyclic amines) is 1. The van der Waals surface area contributed by atoms with E-state index in [1.807, 2.05) is 6.92 Å². The van der Waals surface area contributed by atoms with Crippen molar-refractivity contribution >= 4 is 17.8 Å². The van der Waals surface area contributed by atoms with Gasteiger partial charge in [-0.15, -0.1) is 0 Å². The van der Waals surface area contributed by atoms with E-state index in [-0.39, 0.29) is 46.5 Å². The van der Waals surface area contributed by atoms with Crippen molar-refractivity contribution in [2.75, 3.05) is 6.54 Å². The van der Waals surface area contributed by atoms with E-state index >= 15 is 0 Å². The molecule has 156 valence electrons. The number of hydrogen-bond acceptors (Lipinski definition) is 4. The van der Waals surface area contributed by atoms with Crippen LogP contribution in [-0.2, 0) is 9.59 Å². The number of carbonyl (C=O) groups is 2. The van der Waals surface area contributed by atoms with Crippen LogP contribution in [0.15, 0.2) is 35.9 Å². The van der Waals surface area contributed by atoms with Crippen molar-refractivity contribution in [3.05, 3.63) is 41.5 Å². The monoisotopic (exact) mass is 397 g/mol. The number of phenolic OH excluding ortho intramolecular Hbond substituents is 2. The predicted octanol–water partition coefficient (Wildman–Crippen LogP) is 4.30. The molecular weight excluding hydrogens is 366 g/mol. The van der Waals surface area contributed by atoms with E-state index in [2.05, 4.69) is 32.9 Å². The zero-order valence-corrected chi connectivity index (χ0v) is 17.7. The number of Topliss-reactive ketones (excluding diaryl/α,β-unsaturated/α-hetero) is 1. The standard InChI is InChI=1S/C24H31NO4/c1-15-6-5-10-24(3,4)22(15)21(28)12-16(2)25-11-9-17(23(25)29)13-18-14-19(26)7-8-20(18)27/h5-8,13-16,22,26-27H,9-12H2,1-4H3. The van der Waals surface area contributed by atoms with Gasteiger partial charge in [0.2, 0.25) is 5.91 Å². The lowest BCUT2D eigenvalue weighted by Crippen LogP contribution is -2.42. The highest BCUT2D eigenvalue weighted by Gasteiger charge is 2.40.